The van der Waals surface area contributed by atoms with Gasteiger partial charge < -0.3 is 16.0 Å². The van der Waals surface area contributed by atoms with Gasteiger partial charge in [-0.25, -0.2) is 0 Å². The van der Waals surface area contributed by atoms with Gasteiger partial charge in [0.1, 0.15) is 0 Å². The minimum Gasteiger partial charge on any atom is -0.317 e. The van der Waals surface area contributed by atoms with Crippen LogP contribution in [-0.4, -0.2) is 72.2 Å². The summed E-state index contributed by atoms with van der Waals surface area (Å²) in [5.74, 6) is 1.98. The van der Waals surface area contributed by atoms with E-state index in [9.17, 15) is 0 Å². The summed E-state index contributed by atoms with van der Waals surface area (Å²) in [6.45, 7) is 8.48. The molecule has 72 heavy (non-hydrogen) atoms. The van der Waals surface area contributed by atoms with Gasteiger partial charge in [-0.05, 0) is 284 Å². The molecule has 3 aromatic carbocycles. The molecule has 3 aliphatic heterocycles. The molecule has 3 saturated heterocycles. The lowest BCUT2D eigenvalue weighted by Crippen LogP contribution is -2.45. The van der Waals surface area contributed by atoms with Crippen LogP contribution in [0.4, 0.5) is 0 Å². The Labute approximate surface area is 489 Å². The van der Waals surface area contributed by atoms with E-state index in [0.29, 0.717) is 23.7 Å². The minimum atomic E-state index is 0.196. The molecular weight excluding hydrogens is 1360 g/mol. The number of hydrogen-bond acceptors (Lipinski definition) is 7. The Hall–Kier alpha value is -1.30. The average Bonchev–Trinajstić information content (AvgIpc) is 3.75. The standard InChI is InChI=1S/2C19H19Br2ClN2.C18H18Br2ClN3/c2*20-13-9-12-1-2-15-14(3-4-16(22)18(15)21)17(19(12)24-10-13)11-5-7-23-8-6-11;19-12-9-11-1-2-13-14(3-4-15(21)16(13)20)18(17(11)23-10-12)24-7-5-22-6-8-24/h2*3-4,9-11,17,23H,1-2,5-8H2;3-4,9-10,18,22H,1-2,5-8H2/t2*17-;/m10./s1. The molecule has 1 unspecified atom stereocenters. The zero-order valence-electron chi connectivity index (χ0n) is 39.7. The molecule has 16 heteroatoms. The van der Waals surface area contributed by atoms with Gasteiger partial charge in [0.15, 0.2) is 0 Å². The molecule has 7 nitrogen and oxygen atoms in total. The summed E-state index contributed by atoms with van der Waals surface area (Å²) >= 11 is 41.1. The van der Waals surface area contributed by atoms with Crippen LogP contribution in [0.15, 0.2) is 100 Å². The second-order valence-electron chi connectivity index (χ2n) is 19.7. The lowest BCUT2D eigenvalue weighted by atomic mass is 9.77. The molecule has 0 spiro atoms. The first-order valence-corrected chi connectivity index (χ1v) is 31.0. The largest absolute Gasteiger partial charge is 0.317 e. The Morgan fingerprint density at radius 3 is 1.19 bits per heavy atom. The highest BCUT2D eigenvalue weighted by Crippen LogP contribution is 2.47. The number of halogens is 9. The van der Waals surface area contributed by atoms with E-state index in [2.05, 4.69) is 153 Å². The molecule has 0 saturated carbocycles. The molecule has 378 valence electrons. The minimum absolute atomic E-state index is 0.196. The number of nitrogens with one attached hydrogen (secondary N) is 3. The lowest BCUT2D eigenvalue weighted by molar-refractivity contribution is 0.195. The first-order chi connectivity index (χ1) is 34.9. The second-order valence-corrected chi connectivity index (χ2v) is 26.0. The maximum Gasteiger partial charge on any atom is 0.0783 e. The maximum atomic E-state index is 6.39. The van der Waals surface area contributed by atoms with E-state index in [-0.39, 0.29) is 6.04 Å². The zero-order valence-corrected chi connectivity index (χ0v) is 51.5. The normalized spacial score (nSPS) is 21.0. The van der Waals surface area contributed by atoms with Gasteiger partial charge in [-0.2, -0.15) is 0 Å². The fourth-order valence-corrected chi connectivity index (χ4v) is 15.5. The number of hydrogen-bond donors (Lipinski definition) is 3. The molecule has 3 fully saturated rings. The summed E-state index contributed by atoms with van der Waals surface area (Å²) in [4.78, 5) is 17.1. The molecule has 0 radical (unpaired) electrons. The molecule has 3 aliphatic carbocycles. The summed E-state index contributed by atoms with van der Waals surface area (Å²) in [6, 6.07) is 19.6. The van der Waals surface area contributed by atoms with E-state index in [1.165, 1.54) is 92.8 Å². The van der Waals surface area contributed by atoms with Crippen LogP contribution in [0.5, 0.6) is 0 Å². The second kappa shape index (κ2) is 24.6. The van der Waals surface area contributed by atoms with E-state index in [4.69, 9.17) is 49.8 Å². The number of aromatic nitrogens is 3. The van der Waals surface area contributed by atoms with Gasteiger partial charge in [0.2, 0.25) is 0 Å². The van der Waals surface area contributed by atoms with Crippen LogP contribution < -0.4 is 16.0 Å². The van der Waals surface area contributed by atoms with Crippen molar-refractivity contribution in [3.63, 3.8) is 0 Å². The molecule has 6 aliphatic rings. The van der Waals surface area contributed by atoms with Crippen LogP contribution >= 0.6 is 130 Å². The number of rotatable bonds is 3. The Morgan fingerprint density at radius 2 is 0.778 bits per heavy atom. The molecule has 3 aromatic heterocycles. The molecule has 6 heterocycles. The summed E-state index contributed by atoms with van der Waals surface area (Å²) < 4.78 is 6.33. The SMILES string of the molecule is Clc1ccc2c(c1Br)CCc1cc(Br)cnc1C2N1CCNCC1.Clc1ccc2c(c1Br)CCc1cc(Br)cnc1[C@@H]2C1CCNCC1.Clc1ccc2c(c1Br)CCc1cc(Br)cnc1[C@H]2C1CCNCC1. The van der Waals surface area contributed by atoms with Crippen molar-refractivity contribution in [2.24, 2.45) is 11.8 Å². The van der Waals surface area contributed by atoms with Gasteiger partial charge in [0.25, 0.3) is 0 Å². The van der Waals surface area contributed by atoms with Crippen LogP contribution in [0.25, 0.3) is 0 Å². The smallest absolute Gasteiger partial charge is 0.0783 e. The highest BCUT2D eigenvalue weighted by Gasteiger charge is 2.36. The monoisotopic (exact) mass is 1400 g/mol. The first-order valence-electron chi connectivity index (χ1n) is 25.1. The molecular formula is C56H56Br6Cl3N7. The van der Waals surface area contributed by atoms with E-state index >= 15 is 0 Å². The molecule has 0 bridgehead atoms. The number of piperazine rings is 1. The molecule has 3 atom stereocenters. The summed E-state index contributed by atoms with van der Waals surface area (Å²) in [7, 11) is 0. The van der Waals surface area contributed by atoms with Gasteiger partial charge >= 0.3 is 0 Å². The van der Waals surface area contributed by atoms with Gasteiger partial charge in [0.05, 0.1) is 38.2 Å². The van der Waals surface area contributed by atoms with Gasteiger partial charge in [-0.1, -0.05) is 53.0 Å². The third-order valence-electron chi connectivity index (χ3n) is 15.6. The fraction of sp³-hybridized carbons (Fsp3) is 0.411. The Morgan fingerprint density at radius 1 is 0.431 bits per heavy atom. The molecule has 0 amide bonds. The topological polar surface area (TPSA) is 78.0 Å². The van der Waals surface area contributed by atoms with E-state index in [1.54, 1.807) is 0 Å². The van der Waals surface area contributed by atoms with E-state index < -0.39 is 0 Å². The van der Waals surface area contributed by atoms with E-state index in [1.807, 2.05) is 36.8 Å². The van der Waals surface area contributed by atoms with Gasteiger partial charge in [-0.3, -0.25) is 19.9 Å². The molecule has 12 rings (SSSR count). The van der Waals surface area contributed by atoms with Crippen molar-refractivity contribution in [2.75, 3.05) is 52.4 Å². The van der Waals surface area contributed by atoms with Crippen LogP contribution in [0.3, 0.4) is 0 Å². The van der Waals surface area contributed by atoms with Crippen LogP contribution in [-0.2, 0) is 38.5 Å². The Balaban J connectivity index is 0.000000124. The number of piperidine rings is 2. The van der Waals surface area contributed by atoms with Gasteiger partial charge in [-0.15, -0.1) is 0 Å². The Bertz CT molecular complexity index is 2630. The number of benzene rings is 3. The van der Waals surface area contributed by atoms with Crippen molar-refractivity contribution < 1.29 is 0 Å². The zero-order chi connectivity index (χ0) is 50.0. The van der Waals surface area contributed by atoms with Crippen LogP contribution in [0.1, 0.15) is 111 Å². The summed E-state index contributed by atoms with van der Waals surface area (Å²) in [5.41, 5.74) is 16.0. The van der Waals surface area contributed by atoms with Crippen LogP contribution in [0.2, 0.25) is 15.1 Å². The summed E-state index contributed by atoms with van der Waals surface area (Å²) in [6.07, 6.45) is 16.6. The van der Waals surface area contributed by atoms with Crippen molar-refractivity contribution in [1.29, 1.82) is 0 Å². The van der Waals surface area contributed by atoms with Crippen molar-refractivity contribution in [2.45, 2.75) is 82.1 Å². The van der Waals surface area contributed by atoms with Crippen molar-refractivity contribution in [3.05, 3.63) is 182 Å². The lowest BCUT2D eigenvalue weighted by Gasteiger charge is -2.36. The third kappa shape index (κ3) is 11.7. The molecule has 3 N–H and O–H groups in total. The maximum absolute atomic E-state index is 6.39. The number of pyridine rings is 3. The first kappa shape index (κ1) is 54.1. The number of nitrogens with zero attached hydrogens (tertiary/aromatic N) is 4. The predicted molar refractivity (Wildman–Crippen MR) is 317 cm³/mol. The third-order valence-corrected chi connectivity index (χ3v) is 21.2. The van der Waals surface area contributed by atoms with Crippen LogP contribution in [0, 0.1) is 11.8 Å². The summed E-state index contributed by atoms with van der Waals surface area (Å²) in [5, 5.41) is 12.8. The van der Waals surface area contributed by atoms with Crippen molar-refractivity contribution >= 4 is 130 Å². The van der Waals surface area contributed by atoms with Crippen molar-refractivity contribution in [1.82, 2.24) is 35.8 Å². The highest BCUT2D eigenvalue weighted by atomic mass is 79.9. The molecule has 6 aromatic rings. The number of aryl methyl sites for hydroxylation is 3. The highest BCUT2D eigenvalue weighted by molar-refractivity contribution is 9.11. The van der Waals surface area contributed by atoms with E-state index in [0.717, 1.165) is 133 Å². The average molecular weight is 1410 g/mol. The number of fused-ring (bicyclic) bond motifs is 6. The van der Waals surface area contributed by atoms with Crippen molar-refractivity contribution in [3.8, 4) is 0 Å². The Kier molecular flexibility index (Phi) is 18.5. The quantitative estimate of drug-likeness (QED) is 0.163. The van der Waals surface area contributed by atoms with Gasteiger partial charge in [0, 0.05) is 83.4 Å². The fourth-order valence-electron chi connectivity index (χ4n) is 12.1. The predicted octanol–water partition coefficient (Wildman–Crippen LogP) is 15.3.